The van der Waals surface area contributed by atoms with E-state index >= 15 is 0 Å². The Bertz CT molecular complexity index is 931. The second-order valence-corrected chi connectivity index (χ2v) is 8.84. The van der Waals surface area contributed by atoms with Crippen LogP contribution in [0.2, 0.25) is 0 Å². The number of aromatic nitrogens is 1. The van der Waals surface area contributed by atoms with Gasteiger partial charge in [-0.25, -0.2) is 4.98 Å². The molecule has 0 saturated carbocycles. The van der Waals surface area contributed by atoms with Gasteiger partial charge in [0, 0.05) is 23.3 Å². The van der Waals surface area contributed by atoms with Crippen molar-refractivity contribution in [3.05, 3.63) is 65.9 Å². The fourth-order valence-electron chi connectivity index (χ4n) is 3.77. The average molecular weight is 393 g/mol. The first-order valence-electron chi connectivity index (χ1n) is 10.5. The van der Waals surface area contributed by atoms with Crippen LogP contribution in [-0.4, -0.2) is 12.0 Å². The summed E-state index contributed by atoms with van der Waals surface area (Å²) in [6, 6.07) is 19.8. The van der Waals surface area contributed by atoms with E-state index < -0.39 is 0 Å². The molecule has 3 aromatic rings. The van der Waals surface area contributed by atoms with Crippen molar-refractivity contribution in [3.8, 4) is 0 Å². The summed E-state index contributed by atoms with van der Waals surface area (Å²) in [6.45, 7) is 6.71. The Morgan fingerprint density at radius 1 is 0.964 bits per heavy atom. The summed E-state index contributed by atoms with van der Waals surface area (Å²) in [5.74, 6) is 0.994. The Hall–Kier alpha value is -1.92. The molecule has 0 amide bonds. The first-order valence-corrected chi connectivity index (χ1v) is 11.1. The van der Waals surface area contributed by atoms with Crippen LogP contribution in [0.4, 0.5) is 11.5 Å². The van der Waals surface area contributed by atoms with Crippen LogP contribution in [0.15, 0.2) is 54.6 Å². The van der Waals surface area contributed by atoms with E-state index in [4.69, 9.17) is 4.98 Å². The number of pyridine rings is 1. The molecule has 0 radical (unpaired) electrons. The number of hydrogen-bond acceptors (Lipinski definition) is 2. The van der Waals surface area contributed by atoms with Crippen LogP contribution in [0, 0.1) is 0 Å². The van der Waals surface area contributed by atoms with Gasteiger partial charge < -0.3 is 4.90 Å². The second-order valence-electron chi connectivity index (χ2n) is 7.74. The molecule has 0 aliphatic heterocycles. The Morgan fingerprint density at radius 2 is 1.71 bits per heavy atom. The van der Waals surface area contributed by atoms with Gasteiger partial charge in [0.2, 0.25) is 0 Å². The molecular formula is C25H33N2P. The summed E-state index contributed by atoms with van der Waals surface area (Å²) in [4.78, 5) is 7.25. The lowest BCUT2D eigenvalue weighted by molar-refractivity contribution is 0.562. The Kier molecular flexibility index (Phi) is 6.73. The van der Waals surface area contributed by atoms with Gasteiger partial charge in [-0.2, -0.15) is 0 Å². The van der Waals surface area contributed by atoms with Crippen molar-refractivity contribution in [2.24, 2.45) is 0 Å². The number of rotatable bonds is 8. The van der Waals surface area contributed by atoms with Crippen molar-refractivity contribution in [1.29, 1.82) is 0 Å². The van der Waals surface area contributed by atoms with Gasteiger partial charge in [-0.3, -0.25) is 0 Å². The molecule has 1 atom stereocenters. The summed E-state index contributed by atoms with van der Waals surface area (Å²) in [5, 5.41) is 2.63. The van der Waals surface area contributed by atoms with Gasteiger partial charge in [0.25, 0.3) is 0 Å². The van der Waals surface area contributed by atoms with E-state index in [2.05, 4.69) is 96.6 Å². The van der Waals surface area contributed by atoms with Gasteiger partial charge in [-0.1, -0.05) is 63.6 Å². The van der Waals surface area contributed by atoms with Crippen LogP contribution >= 0.6 is 9.24 Å². The smallest absolute Gasteiger partial charge is 0.133 e. The molecule has 0 aliphatic rings. The van der Waals surface area contributed by atoms with Gasteiger partial charge in [0.15, 0.2) is 0 Å². The zero-order chi connectivity index (χ0) is 20.1. The van der Waals surface area contributed by atoms with E-state index in [0.29, 0.717) is 0 Å². The molecule has 2 aromatic carbocycles. The molecule has 0 saturated heterocycles. The quantitative estimate of drug-likeness (QED) is 0.376. The normalized spacial score (nSPS) is 11.8. The maximum atomic E-state index is 5.03. The van der Waals surface area contributed by atoms with Crippen LogP contribution < -0.4 is 4.90 Å². The van der Waals surface area contributed by atoms with E-state index in [1.54, 1.807) is 0 Å². The monoisotopic (exact) mass is 392 g/mol. The minimum atomic E-state index is 0.0454. The van der Waals surface area contributed by atoms with E-state index in [1.807, 2.05) is 0 Å². The molecule has 1 heterocycles. The molecule has 0 N–H and O–H groups in total. The fraction of sp³-hybridized carbons (Fsp3) is 0.400. The van der Waals surface area contributed by atoms with Crippen molar-refractivity contribution >= 4 is 31.5 Å². The predicted octanol–water partition coefficient (Wildman–Crippen LogP) is 7.24. The molecule has 0 spiro atoms. The number of anilines is 2. The van der Waals surface area contributed by atoms with E-state index in [1.165, 1.54) is 34.9 Å². The predicted molar refractivity (Wildman–Crippen MR) is 127 cm³/mol. The van der Waals surface area contributed by atoms with Crippen LogP contribution in [0.1, 0.15) is 57.7 Å². The zero-order valence-corrected chi connectivity index (χ0v) is 18.9. The van der Waals surface area contributed by atoms with Crippen LogP contribution in [0.3, 0.4) is 0 Å². The highest BCUT2D eigenvalue weighted by molar-refractivity contribution is 7.18. The lowest BCUT2D eigenvalue weighted by Crippen LogP contribution is -2.19. The third-order valence-electron chi connectivity index (χ3n) is 5.95. The number of benzene rings is 2. The number of unbranched alkanes of at least 4 members (excludes halogenated alkanes) is 1. The van der Waals surface area contributed by atoms with Crippen molar-refractivity contribution in [1.82, 2.24) is 4.98 Å². The maximum absolute atomic E-state index is 5.03. The summed E-state index contributed by atoms with van der Waals surface area (Å²) < 4.78 is 0. The van der Waals surface area contributed by atoms with Crippen molar-refractivity contribution < 1.29 is 0 Å². The Balaban J connectivity index is 1.98. The summed E-state index contributed by atoms with van der Waals surface area (Å²) >= 11 is 0. The highest BCUT2D eigenvalue weighted by atomic mass is 31.0. The van der Waals surface area contributed by atoms with Crippen molar-refractivity contribution in [2.75, 3.05) is 11.9 Å². The minimum Gasteiger partial charge on any atom is -0.329 e. The van der Waals surface area contributed by atoms with Gasteiger partial charge in [-0.15, -0.1) is 9.24 Å². The third kappa shape index (κ3) is 4.23. The molecule has 0 fully saturated rings. The van der Waals surface area contributed by atoms with Gasteiger partial charge in [-0.05, 0) is 54.8 Å². The molecule has 2 nitrogen and oxygen atoms in total. The summed E-state index contributed by atoms with van der Waals surface area (Å²) in [6.07, 6.45) is 5.75. The van der Waals surface area contributed by atoms with E-state index in [9.17, 15) is 0 Å². The maximum Gasteiger partial charge on any atom is 0.133 e. The van der Waals surface area contributed by atoms with E-state index in [0.717, 1.165) is 30.8 Å². The number of aryl methyl sites for hydroxylation is 1. The SMILES string of the molecule is CCCCc1ccc2c(N(C)c3cccc(C(P)(CC)CC)n3)cccc2c1. The Morgan fingerprint density at radius 3 is 2.43 bits per heavy atom. The molecule has 0 bridgehead atoms. The molecular weight excluding hydrogens is 359 g/mol. The van der Waals surface area contributed by atoms with Crippen LogP contribution in [-0.2, 0) is 11.6 Å². The fourth-order valence-corrected chi connectivity index (χ4v) is 3.93. The van der Waals surface area contributed by atoms with Gasteiger partial charge >= 0.3 is 0 Å². The molecule has 3 rings (SSSR count). The average Bonchev–Trinajstić information content (AvgIpc) is 2.76. The van der Waals surface area contributed by atoms with Gasteiger partial charge in [0.1, 0.15) is 5.82 Å². The molecule has 148 valence electrons. The number of fused-ring (bicyclic) bond motifs is 1. The minimum absolute atomic E-state index is 0.0454. The van der Waals surface area contributed by atoms with E-state index in [-0.39, 0.29) is 5.16 Å². The first-order chi connectivity index (χ1) is 13.5. The highest BCUT2D eigenvalue weighted by Crippen LogP contribution is 2.38. The second kappa shape index (κ2) is 9.05. The summed E-state index contributed by atoms with van der Waals surface area (Å²) in [7, 11) is 5.15. The van der Waals surface area contributed by atoms with Crippen LogP contribution in [0.25, 0.3) is 10.8 Å². The lowest BCUT2D eigenvalue weighted by Gasteiger charge is -2.28. The lowest BCUT2D eigenvalue weighted by atomic mass is 9.97. The van der Waals surface area contributed by atoms with Crippen LogP contribution in [0.5, 0.6) is 0 Å². The van der Waals surface area contributed by atoms with Gasteiger partial charge in [0.05, 0.1) is 5.69 Å². The Labute approximate surface area is 172 Å². The van der Waals surface area contributed by atoms with Crippen molar-refractivity contribution in [3.63, 3.8) is 0 Å². The molecule has 0 aliphatic carbocycles. The largest absolute Gasteiger partial charge is 0.329 e. The summed E-state index contributed by atoms with van der Waals surface area (Å²) in [5.41, 5.74) is 3.77. The molecule has 3 heteroatoms. The third-order valence-corrected chi connectivity index (χ3v) is 7.06. The molecule has 28 heavy (non-hydrogen) atoms. The zero-order valence-electron chi connectivity index (χ0n) is 17.7. The molecule has 1 aromatic heterocycles. The van der Waals surface area contributed by atoms with Crippen molar-refractivity contribution in [2.45, 2.75) is 58.0 Å². The molecule has 1 unspecified atom stereocenters. The first kappa shape index (κ1) is 20.8. The topological polar surface area (TPSA) is 16.1 Å². The highest BCUT2D eigenvalue weighted by Gasteiger charge is 2.24. The standard InChI is InChI=1S/C25H33N2P/c1-5-8-11-19-16-17-21-20(18-19)12-9-13-22(21)27(4)24-15-10-14-23(26-24)25(28,6-2)7-3/h9-10,12-18H,5-8,11,28H2,1-4H3. The number of hydrogen-bond donors (Lipinski definition) is 0. The number of nitrogens with zero attached hydrogens (tertiary/aromatic N) is 2.